The van der Waals surface area contributed by atoms with Crippen molar-refractivity contribution in [1.29, 1.82) is 0 Å². The van der Waals surface area contributed by atoms with Gasteiger partial charge in [0, 0.05) is 38.1 Å². The van der Waals surface area contributed by atoms with Crippen LogP contribution >= 0.6 is 0 Å². The van der Waals surface area contributed by atoms with Gasteiger partial charge in [0.15, 0.2) is 0 Å². The van der Waals surface area contributed by atoms with Crippen LogP contribution < -0.4 is 0 Å². The molecule has 2 aliphatic heterocycles. The second-order valence-electron chi connectivity index (χ2n) is 4.80. The van der Waals surface area contributed by atoms with Crippen molar-refractivity contribution in [3.63, 3.8) is 0 Å². The highest BCUT2D eigenvalue weighted by molar-refractivity contribution is 4.93. The van der Waals surface area contributed by atoms with Crippen LogP contribution in [-0.4, -0.2) is 48.1 Å². The van der Waals surface area contributed by atoms with Crippen LogP contribution in [0.1, 0.15) is 32.6 Å². The molecular formula is C13H22N2. The molecular weight excluding hydrogens is 184 g/mol. The summed E-state index contributed by atoms with van der Waals surface area (Å²) in [5, 5.41) is 0. The SMILES string of the molecule is C#CCCN1CC2CCCN2CC1CC. The van der Waals surface area contributed by atoms with Gasteiger partial charge in [-0.05, 0) is 25.8 Å². The molecule has 0 saturated carbocycles. The summed E-state index contributed by atoms with van der Waals surface area (Å²) in [5.74, 6) is 2.76. The molecule has 2 unspecified atom stereocenters. The molecule has 0 radical (unpaired) electrons. The Morgan fingerprint density at radius 1 is 1.40 bits per heavy atom. The Kier molecular flexibility index (Phi) is 3.66. The van der Waals surface area contributed by atoms with Crippen LogP contribution in [0.25, 0.3) is 0 Å². The predicted molar refractivity (Wildman–Crippen MR) is 63.7 cm³/mol. The lowest BCUT2D eigenvalue weighted by molar-refractivity contribution is 0.0510. The second-order valence-corrected chi connectivity index (χ2v) is 4.80. The van der Waals surface area contributed by atoms with E-state index in [2.05, 4.69) is 22.6 Å². The number of hydrogen-bond acceptors (Lipinski definition) is 2. The molecule has 0 aliphatic carbocycles. The summed E-state index contributed by atoms with van der Waals surface area (Å²) >= 11 is 0. The number of piperazine rings is 1. The molecule has 2 saturated heterocycles. The Morgan fingerprint density at radius 2 is 2.27 bits per heavy atom. The summed E-state index contributed by atoms with van der Waals surface area (Å²) in [7, 11) is 0. The fourth-order valence-corrected chi connectivity index (χ4v) is 3.02. The van der Waals surface area contributed by atoms with Gasteiger partial charge in [-0.2, -0.15) is 0 Å². The highest BCUT2D eigenvalue weighted by Crippen LogP contribution is 2.25. The quantitative estimate of drug-likeness (QED) is 0.647. The van der Waals surface area contributed by atoms with E-state index in [1.165, 1.54) is 38.9 Å². The van der Waals surface area contributed by atoms with E-state index >= 15 is 0 Å². The van der Waals surface area contributed by atoms with Crippen LogP contribution in [0.3, 0.4) is 0 Å². The third-order valence-electron chi connectivity index (χ3n) is 3.92. The lowest BCUT2D eigenvalue weighted by Gasteiger charge is -2.43. The summed E-state index contributed by atoms with van der Waals surface area (Å²) in [5.41, 5.74) is 0. The molecule has 2 rings (SSSR count). The van der Waals surface area contributed by atoms with Crippen molar-refractivity contribution in [1.82, 2.24) is 9.80 Å². The number of terminal acetylenes is 1. The maximum Gasteiger partial charge on any atom is 0.0224 e. The van der Waals surface area contributed by atoms with Gasteiger partial charge in [-0.25, -0.2) is 0 Å². The molecule has 15 heavy (non-hydrogen) atoms. The Hall–Kier alpha value is -0.520. The van der Waals surface area contributed by atoms with Crippen molar-refractivity contribution in [3.05, 3.63) is 0 Å². The summed E-state index contributed by atoms with van der Waals surface area (Å²) in [6, 6.07) is 1.57. The van der Waals surface area contributed by atoms with Gasteiger partial charge in [-0.3, -0.25) is 9.80 Å². The average Bonchev–Trinajstić information content (AvgIpc) is 2.71. The van der Waals surface area contributed by atoms with Gasteiger partial charge < -0.3 is 0 Å². The Morgan fingerprint density at radius 3 is 3.00 bits per heavy atom. The van der Waals surface area contributed by atoms with Crippen molar-refractivity contribution in [2.75, 3.05) is 26.2 Å². The molecule has 0 aromatic carbocycles. The summed E-state index contributed by atoms with van der Waals surface area (Å²) in [6.07, 6.45) is 10.3. The van der Waals surface area contributed by atoms with E-state index < -0.39 is 0 Å². The minimum atomic E-state index is 0.743. The van der Waals surface area contributed by atoms with Crippen LogP contribution in [-0.2, 0) is 0 Å². The van der Waals surface area contributed by atoms with E-state index in [0.29, 0.717) is 0 Å². The van der Waals surface area contributed by atoms with Crippen molar-refractivity contribution in [2.24, 2.45) is 0 Å². The Balaban J connectivity index is 1.94. The third-order valence-corrected chi connectivity index (χ3v) is 3.92. The van der Waals surface area contributed by atoms with Crippen LogP contribution in [0, 0.1) is 12.3 Å². The molecule has 0 bridgehead atoms. The predicted octanol–water partition coefficient (Wildman–Crippen LogP) is 1.57. The second kappa shape index (κ2) is 5.01. The van der Waals surface area contributed by atoms with Gasteiger partial charge in [0.1, 0.15) is 0 Å². The number of nitrogens with zero attached hydrogens (tertiary/aromatic N) is 2. The molecule has 84 valence electrons. The number of rotatable bonds is 3. The van der Waals surface area contributed by atoms with Crippen molar-refractivity contribution >= 4 is 0 Å². The lowest BCUT2D eigenvalue weighted by Crippen LogP contribution is -2.55. The fourth-order valence-electron chi connectivity index (χ4n) is 3.02. The topological polar surface area (TPSA) is 6.48 Å². The third kappa shape index (κ3) is 2.35. The van der Waals surface area contributed by atoms with Crippen LogP contribution in [0.4, 0.5) is 0 Å². The van der Waals surface area contributed by atoms with Crippen molar-refractivity contribution < 1.29 is 0 Å². The number of fused-ring (bicyclic) bond motifs is 1. The Bertz CT molecular complexity index is 243. The van der Waals surface area contributed by atoms with Crippen molar-refractivity contribution in [2.45, 2.75) is 44.7 Å². The molecule has 0 aromatic rings. The molecule has 0 spiro atoms. The molecule has 0 N–H and O–H groups in total. The molecule has 2 nitrogen and oxygen atoms in total. The van der Waals surface area contributed by atoms with Gasteiger partial charge >= 0.3 is 0 Å². The fraction of sp³-hybridized carbons (Fsp3) is 0.846. The van der Waals surface area contributed by atoms with E-state index in [0.717, 1.165) is 25.0 Å². The minimum Gasteiger partial charge on any atom is -0.298 e. The van der Waals surface area contributed by atoms with Gasteiger partial charge in [0.25, 0.3) is 0 Å². The van der Waals surface area contributed by atoms with Gasteiger partial charge in [-0.15, -0.1) is 12.3 Å². The smallest absolute Gasteiger partial charge is 0.0224 e. The zero-order valence-electron chi connectivity index (χ0n) is 9.78. The molecule has 2 aliphatic rings. The van der Waals surface area contributed by atoms with Crippen LogP contribution in [0.5, 0.6) is 0 Å². The lowest BCUT2D eigenvalue weighted by atomic mass is 10.0. The maximum atomic E-state index is 5.35. The molecule has 2 heteroatoms. The molecule has 2 fully saturated rings. The van der Waals surface area contributed by atoms with Gasteiger partial charge in [0.2, 0.25) is 0 Å². The van der Waals surface area contributed by atoms with E-state index in [4.69, 9.17) is 6.42 Å². The summed E-state index contributed by atoms with van der Waals surface area (Å²) in [6.45, 7) is 7.24. The molecule has 2 heterocycles. The monoisotopic (exact) mass is 206 g/mol. The molecule has 2 atom stereocenters. The first-order valence-electron chi connectivity index (χ1n) is 6.26. The van der Waals surface area contributed by atoms with Gasteiger partial charge in [0.05, 0.1) is 0 Å². The van der Waals surface area contributed by atoms with Gasteiger partial charge in [-0.1, -0.05) is 6.92 Å². The van der Waals surface area contributed by atoms with Crippen molar-refractivity contribution in [3.8, 4) is 12.3 Å². The largest absolute Gasteiger partial charge is 0.298 e. The first kappa shape index (κ1) is 11.0. The standard InChI is InChI=1S/C13H22N2/c1-3-5-8-14-11-13-7-6-9-15(13)10-12(14)4-2/h1,12-13H,4-11H2,2H3. The Labute approximate surface area is 93.6 Å². The maximum absolute atomic E-state index is 5.35. The van der Waals surface area contributed by atoms with Crippen LogP contribution in [0.15, 0.2) is 0 Å². The van der Waals surface area contributed by atoms with E-state index in [-0.39, 0.29) is 0 Å². The van der Waals surface area contributed by atoms with Crippen LogP contribution in [0.2, 0.25) is 0 Å². The highest BCUT2D eigenvalue weighted by atomic mass is 15.3. The summed E-state index contributed by atoms with van der Waals surface area (Å²) in [4.78, 5) is 5.30. The molecule has 0 aromatic heterocycles. The minimum absolute atomic E-state index is 0.743. The zero-order valence-corrected chi connectivity index (χ0v) is 9.78. The highest BCUT2D eigenvalue weighted by Gasteiger charge is 2.34. The number of hydrogen-bond donors (Lipinski definition) is 0. The normalized spacial score (nSPS) is 32.5. The van der Waals surface area contributed by atoms with E-state index in [1.807, 2.05) is 0 Å². The molecule has 0 amide bonds. The van der Waals surface area contributed by atoms with E-state index in [9.17, 15) is 0 Å². The summed E-state index contributed by atoms with van der Waals surface area (Å²) < 4.78 is 0. The van der Waals surface area contributed by atoms with E-state index in [1.54, 1.807) is 0 Å². The first-order chi connectivity index (χ1) is 7.35. The average molecular weight is 206 g/mol. The zero-order chi connectivity index (χ0) is 10.7. The first-order valence-corrected chi connectivity index (χ1v) is 6.26.